The van der Waals surface area contributed by atoms with Gasteiger partial charge in [-0.3, -0.25) is 4.79 Å². The van der Waals surface area contributed by atoms with Gasteiger partial charge >= 0.3 is 0 Å². The highest BCUT2D eigenvalue weighted by Crippen LogP contribution is 1.99. The summed E-state index contributed by atoms with van der Waals surface area (Å²) in [5, 5.41) is 11.5. The fourth-order valence-corrected chi connectivity index (χ4v) is 1.05. The monoisotopic (exact) mass is 280 g/mol. The lowest BCUT2D eigenvalue weighted by atomic mass is 10.2. The molecular formula is C16H28N2O2. The molecule has 4 nitrogen and oxygen atoms in total. The zero-order valence-corrected chi connectivity index (χ0v) is 13.4. The molecule has 2 heterocycles. The smallest absolute Gasteiger partial charge is 0.247 e. The van der Waals surface area contributed by atoms with Crippen LogP contribution in [0.1, 0.15) is 40.2 Å². The first-order chi connectivity index (χ1) is 9.58. The molecule has 1 unspecified atom stereocenters. The standard InChI is InChI=1S/C6H9NO.C6H7NO.2C2H6/c2*1-5-2-3-6(8)7-4-5;2*1-2/h2-4,6-8H,1H3;2-4H,1H3,(H,7,8);2*1-2H3. The molecule has 3 N–H and O–H groups in total. The first kappa shape index (κ1) is 20.5. The zero-order valence-electron chi connectivity index (χ0n) is 13.4. The Kier molecular flexibility index (Phi) is 14.0. The number of aliphatic hydroxyl groups is 1. The van der Waals surface area contributed by atoms with Gasteiger partial charge < -0.3 is 15.4 Å². The van der Waals surface area contributed by atoms with Gasteiger partial charge in [0.2, 0.25) is 5.56 Å². The van der Waals surface area contributed by atoms with Gasteiger partial charge in [-0.1, -0.05) is 39.8 Å². The third-order valence-corrected chi connectivity index (χ3v) is 1.96. The number of H-pyrrole nitrogens is 1. The summed E-state index contributed by atoms with van der Waals surface area (Å²) in [4.78, 5) is 12.9. The summed E-state index contributed by atoms with van der Waals surface area (Å²) in [7, 11) is 0. The zero-order chi connectivity index (χ0) is 16.0. The predicted molar refractivity (Wildman–Crippen MR) is 86.5 cm³/mol. The fraction of sp³-hybridized carbons (Fsp3) is 0.438. The van der Waals surface area contributed by atoms with E-state index in [9.17, 15) is 4.79 Å². The van der Waals surface area contributed by atoms with E-state index in [1.54, 1.807) is 24.5 Å². The molecule has 1 aromatic heterocycles. The van der Waals surface area contributed by atoms with Gasteiger partial charge in [-0.15, -0.1) is 0 Å². The fourth-order valence-electron chi connectivity index (χ4n) is 1.05. The van der Waals surface area contributed by atoms with Crippen molar-refractivity contribution < 1.29 is 5.11 Å². The van der Waals surface area contributed by atoms with Gasteiger partial charge in [-0.05, 0) is 31.1 Å². The van der Waals surface area contributed by atoms with Crippen molar-refractivity contribution in [2.45, 2.75) is 47.8 Å². The minimum Gasteiger partial charge on any atom is -0.370 e. The van der Waals surface area contributed by atoms with Gasteiger partial charge in [0.25, 0.3) is 0 Å². The second-order valence-corrected chi connectivity index (χ2v) is 3.59. The van der Waals surface area contributed by atoms with Gasteiger partial charge in [0, 0.05) is 18.5 Å². The minimum atomic E-state index is -0.487. The number of aryl methyl sites for hydroxylation is 1. The molecule has 4 heteroatoms. The molecule has 0 aromatic carbocycles. The Hall–Kier alpha value is -1.81. The molecule has 0 aliphatic carbocycles. The number of nitrogens with one attached hydrogen (secondary N) is 2. The number of pyridine rings is 1. The van der Waals surface area contributed by atoms with Crippen LogP contribution in [0.2, 0.25) is 0 Å². The minimum absolute atomic E-state index is 0.0457. The highest BCUT2D eigenvalue weighted by molar-refractivity contribution is 5.19. The molecule has 1 atom stereocenters. The Morgan fingerprint density at radius 1 is 1.10 bits per heavy atom. The van der Waals surface area contributed by atoms with Crippen molar-refractivity contribution >= 4 is 0 Å². The van der Waals surface area contributed by atoms with Crippen LogP contribution in [0.15, 0.2) is 47.0 Å². The third-order valence-electron chi connectivity index (χ3n) is 1.96. The molecule has 20 heavy (non-hydrogen) atoms. The Morgan fingerprint density at radius 3 is 2.00 bits per heavy atom. The molecule has 0 spiro atoms. The predicted octanol–water partition coefficient (Wildman–Crippen LogP) is 3.10. The van der Waals surface area contributed by atoms with Crippen molar-refractivity contribution in [3.05, 3.63) is 58.2 Å². The summed E-state index contributed by atoms with van der Waals surface area (Å²) in [6, 6.07) is 3.29. The number of hydrogen-bond acceptors (Lipinski definition) is 3. The molecule has 0 amide bonds. The van der Waals surface area contributed by atoms with Crippen LogP contribution in [-0.2, 0) is 0 Å². The molecule has 2 rings (SSSR count). The Morgan fingerprint density at radius 2 is 1.70 bits per heavy atom. The summed E-state index contributed by atoms with van der Waals surface area (Å²) in [5.74, 6) is 0. The van der Waals surface area contributed by atoms with E-state index in [4.69, 9.17) is 5.11 Å². The third kappa shape index (κ3) is 11.3. The Balaban J connectivity index is 0. The Labute approximate surface area is 122 Å². The van der Waals surface area contributed by atoms with Crippen molar-refractivity contribution in [2.75, 3.05) is 0 Å². The van der Waals surface area contributed by atoms with E-state index in [0.29, 0.717) is 0 Å². The van der Waals surface area contributed by atoms with Crippen LogP contribution >= 0.6 is 0 Å². The van der Waals surface area contributed by atoms with Crippen molar-refractivity contribution in [3.8, 4) is 0 Å². The number of rotatable bonds is 0. The maximum atomic E-state index is 10.4. The molecule has 0 radical (unpaired) electrons. The first-order valence-corrected chi connectivity index (χ1v) is 7.02. The summed E-state index contributed by atoms with van der Waals surface area (Å²) < 4.78 is 0. The topological polar surface area (TPSA) is 65.1 Å². The molecule has 0 saturated carbocycles. The van der Waals surface area contributed by atoms with Crippen LogP contribution in [0.3, 0.4) is 0 Å². The molecule has 1 aliphatic heterocycles. The lowest BCUT2D eigenvalue weighted by Gasteiger charge is -2.09. The molecule has 0 saturated heterocycles. The molecule has 1 aromatic rings. The second-order valence-electron chi connectivity index (χ2n) is 3.59. The van der Waals surface area contributed by atoms with Crippen molar-refractivity contribution in [3.63, 3.8) is 0 Å². The van der Waals surface area contributed by atoms with Crippen LogP contribution in [0, 0.1) is 6.92 Å². The quantitative estimate of drug-likeness (QED) is 0.684. The number of aromatic amines is 1. The molecule has 0 bridgehead atoms. The molecule has 0 fully saturated rings. The van der Waals surface area contributed by atoms with Gasteiger partial charge in [-0.25, -0.2) is 0 Å². The van der Waals surface area contributed by atoms with Crippen molar-refractivity contribution in [2.24, 2.45) is 0 Å². The number of dihydropyridines is 1. The summed E-state index contributed by atoms with van der Waals surface area (Å²) in [6.45, 7) is 11.9. The lowest BCUT2D eigenvalue weighted by Crippen LogP contribution is -2.23. The van der Waals surface area contributed by atoms with Crippen LogP contribution in [-0.4, -0.2) is 16.3 Å². The molecular weight excluding hydrogens is 252 g/mol. The number of hydrogen-bond donors (Lipinski definition) is 3. The van der Waals surface area contributed by atoms with Crippen LogP contribution in [0.4, 0.5) is 0 Å². The number of aliphatic hydroxyl groups excluding tert-OH is 1. The average molecular weight is 280 g/mol. The van der Waals surface area contributed by atoms with E-state index in [1.807, 2.05) is 47.6 Å². The first-order valence-electron chi connectivity index (χ1n) is 7.02. The van der Waals surface area contributed by atoms with Gasteiger partial charge in [-0.2, -0.15) is 0 Å². The van der Waals surface area contributed by atoms with Gasteiger partial charge in [0.15, 0.2) is 0 Å². The lowest BCUT2D eigenvalue weighted by molar-refractivity contribution is 0.200. The maximum absolute atomic E-state index is 10.4. The second kappa shape index (κ2) is 13.6. The summed E-state index contributed by atoms with van der Waals surface area (Å²) in [6.07, 6.45) is 6.56. The van der Waals surface area contributed by atoms with E-state index in [1.165, 1.54) is 6.07 Å². The van der Waals surface area contributed by atoms with Crippen LogP contribution < -0.4 is 10.9 Å². The SMILES string of the molecule is CC.CC.CC1=CNC(O)C=C1.Cc1ccc(=O)[nH]c1. The Bertz CT molecular complexity index is 428. The normalized spacial score (nSPS) is 14.9. The molecule has 1 aliphatic rings. The summed E-state index contributed by atoms with van der Waals surface area (Å²) in [5.41, 5.74) is 2.16. The maximum Gasteiger partial charge on any atom is 0.247 e. The van der Waals surface area contributed by atoms with E-state index in [-0.39, 0.29) is 5.56 Å². The number of allylic oxidation sites excluding steroid dienone is 2. The van der Waals surface area contributed by atoms with Gasteiger partial charge in [0.1, 0.15) is 6.23 Å². The molecule has 114 valence electrons. The summed E-state index contributed by atoms with van der Waals surface area (Å²) >= 11 is 0. The largest absolute Gasteiger partial charge is 0.370 e. The van der Waals surface area contributed by atoms with Crippen LogP contribution in [0.5, 0.6) is 0 Å². The van der Waals surface area contributed by atoms with Crippen molar-refractivity contribution in [1.82, 2.24) is 10.3 Å². The highest BCUT2D eigenvalue weighted by Gasteiger charge is 1.97. The average Bonchev–Trinajstić information content (AvgIpc) is 2.50. The van der Waals surface area contributed by atoms with E-state index in [0.717, 1.165) is 11.1 Å². The number of aromatic nitrogens is 1. The highest BCUT2D eigenvalue weighted by atomic mass is 16.3. The van der Waals surface area contributed by atoms with Crippen LogP contribution in [0.25, 0.3) is 0 Å². The van der Waals surface area contributed by atoms with Crippen molar-refractivity contribution in [1.29, 1.82) is 0 Å². The van der Waals surface area contributed by atoms with E-state index in [2.05, 4.69) is 10.3 Å². The van der Waals surface area contributed by atoms with Gasteiger partial charge in [0.05, 0.1) is 0 Å². The van der Waals surface area contributed by atoms with E-state index < -0.39 is 6.23 Å². The van der Waals surface area contributed by atoms with E-state index >= 15 is 0 Å².